The van der Waals surface area contributed by atoms with Gasteiger partial charge in [-0.2, -0.15) is 0 Å². The zero-order chi connectivity index (χ0) is 14.4. The minimum absolute atomic E-state index is 0.130. The van der Waals surface area contributed by atoms with Gasteiger partial charge in [-0.1, -0.05) is 12.1 Å². The molecule has 5 heteroatoms. The van der Waals surface area contributed by atoms with E-state index in [1.54, 1.807) is 26.3 Å². The summed E-state index contributed by atoms with van der Waals surface area (Å²) in [5.41, 5.74) is 0.944. The summed E-state index contributed by atoms with van der Waals surface area (Å²) in [5.74, 6) is 1.34. The van der Waals surface area contributed by atoms with Gasteiger partial charge in [0.05, 0.1) is 6.10 Å². The van der Waals surface area contributed by atoms with Crippen molar-refractivity contribution >= 4 is 5.96 Å². The molecule has 110 valence electrons. The summed E-state index contributed by atoms with van der Waals surface area (Å²) in [4.78, 5) is 4.18. The highest BCUT2D eigenvalue weighted by Crippen LogP contribution is 2.27. The van der Waals surface area contributed by atoms with E-state index in [2.05, 4.69) is 15.6 Å². The average Bonchev–Trinajstić information content (AvgIpc) is 3.28. The Morgan fingerprint density at radius 2 is 2.05 bits per heavy atom. The topological polar surface area (TPSA) is 45.7 Å². The summed E-state index contributed by atoms with van der Waals surface area (Å²) in [5, 5.41) is 6.53. The molecule has 0 bridgehead atoms. The second kappa shape index (κ2) is 7.24. The molecule has 20 heavy (non-hydrogen) atoms. The van der Waals surface area contributed by atoms with Crippen molar-refractivity contribution in [1.82, 2.24) is 10.6 Å². The summed E-state index contributed by atoms with van der Waals surface area (Å²) in [6.45, 7) is 1.56. The highest BCUT2D eigenvalue weighted by molar-refractivity contribution is 5.79. The van der Waals surface area contributed by atoms with Gasteiger partial charge in [0.1, 0.15) is 5.82 Å². The second-order valence-electron chi connectivity index (χ2n) is 5.05. The number of nitrogens with zero attached hydrogens (tertiary/aromatic N) is 1. The number of aliphatic imine (C=N–C) groups is 1. The number of guanidine groups is 1. The first-order chi connectivity index (χ1) is 9.72. The maximum absolute atomic E-state index is 12.9. The predicted octanol–water partition coefficient (Wildman–Crippen LogP) is 2.09. The monoisotopic (exact) mass is 279 g/mol. The number of halogens is 1. The Hall–Kier alpha value is -1.62. The van der Waals surface area contributed by atoms with Gasteiger partial charge in [0, 0.05) is 27.2 Å². The number of benzene rings is 1. The molecule has 1 aromatic carbocycles. The fourth-order valence-corrected chi connectivity index (χ4v) is 1.99. The van der Waals surface area contributed by atoms with Crippen LogP contribution in [0.5, 0.6) is 0 Å². The summed E-state index contributed by atoms with van der Waals surface area (Å²) in [6, 6.07) is 6.38. The first-order valence-corrected chi connectivity index (χ1v) is 6.95. The fraction of sp³-hybridized carbons (Fsp3) is 0.533. The van der Waals surface area contributed by atoms with Crippen LogP contribution < -0.4 is 10.6 Å². The third-order valence-electron chi connectivity index (χ3n) is 3.46. The second-order valence-corrected chi connectivity index (χ2v) is 5.05. The Bertz CT molecular complexity index is 443. The summed E-state index contributed by atoms with van der Waals surface area (Å²) in [7, 11) is 3.40. The van der Waals surface area contributed by atoms with Crippen molar-refractivity contribution in [2.45, 2.75) is 18.9 Å². The Kier molecular flexibility index (Phi) is 5.35. The van der Waals surface area contributed by atoms with E-state index in [9.17, 15) is 4.39 Å². The molecule has 0 heterocycles. The maximum atomic E-state index is 12.9. The van der Waals surface area contributed by atoms with Crippen molar-refractivity contribution in [3.63, 3.8) is 0 Å². The molecule has 0 amide bonds. The number of ether oxygens (including phenoxy) is 1. The van der Waals surface area contributed by atoms with Gasteiger partial charge < -0.3 is 15.4 Å². The lowest BCUT2D eigenvalue weighted by atomic mass is 10.1. The molecule has 2 rings (SSSR count). The molecular weight excluding hydrogens is 257 g/mol. The van der Waals surface area contributed by atoms with Crippen molar-refractivity contribution < 1.29 is 9.13 Å². The van der Waals surface area contributed by atoms with Crippen LogP contribution in [-0.2, 0) is 4.74 Å². The lowest BCUT2D eigenvalue weighted by molar-refractivity contribution is 0.106. The quantitative estimate of drug-likeness (QED) is 0.619. The predicted molar refractivity (Wildman–Crippen MR) is 78.2 cm³/mol. The lowest BCUT2D eigenvalue weighted by Crippen LogP contribution is -2.40. The molecule has 0 saturated heterocycles. The van der Waals surface area contributed by atoms with Crippen LogP contribution in [0.2, 0.25) is 0 Å². The van der Waals surface area contributed by atoms with Crippen LogP contribution in [0.4, 0.5) is 4.39 Å². The molecule has 0 aromatic heterocycles. The van der Waals surface area contributed by atoms with E-state index in [-0.39, 0.29) is 11.9 Å². The zero-order valence-electron chi connectivity index (χ0n) is 12.0. The highest BCUT2D eigenvalue weighted by atomic mass is 19.1. The third kappa shape index (κ3) is 4.49. The minimum Gasteiger partial charge on any atom is -0.375 e. The van der Waals surface area contributed by atoms with Crippen LogP contribution in [0.1, 0.15) is 24.5 Å². The first kappa shape index (κ1) is 14.8. The van der Waals surface area contributed by atoms with E-state index >= 15 is 0 Å². The normalized spacial score (nSPS) is 16.9. The standard InChI is InChI=1S/C15H22FN3O/c1-17-15(18-9-11-3-4-11)19-10-14(20-2)12-5-7-13(16)8-6-12/h5-8,11,14H,3-4,9-10H2,1-2H3,(H2,17,18,19). The van der Waals surface area contributed by atoms with Gasteiger partial charge in [0.2, 0.25) is 0 Å². The molecule has 0 aliphatic heterocycles. The van der Waals surface area contributed by atoms with Crippen LogP contribution in [0.25, 0.3) is 0 Å². The number of hydrogen-bond donors (Lipinski definition) is 2. The molecule has 2 N–H and O–H groups in total. The molecule has 1 aliphatic carbocycles. The van der Waals surface area contributed by atoms with Crippen molar-refractivity contribution in [1.29, 1.82) is 0 Å². The lowest BCUT2D eigenvalue weighted by Gasteiger charge is -2.18. The molecular formula is C15H22FN3O. The SMILES string of the molecule is CN=C(NCC1CC1)NCC(OC)c1ccc(F)cc1. The number of nitrogens with one attached hydrogen (secondary N) is 2. The molecule has 0 radical (unpaired) electrons. The molecule has 0 spiro atoms. The van der Waals surface area contributed by atoms with Gasteiger partial charge in [-0.05, 0) is 36.5 Å². The Morgan fingerprint density at radius 1 is 1.35 bits per heavy atom. The van der Waals surface area contributed by atoms with Crippen LogP contribution >= 0.6 is 0 Å². The van der Waals surface area contributed by atoms with E-state index in [1.807, 2.05) is 0 Å². The molecule has 1 atom stereocenters. The Labute approximate surface area is 119 Å². The van der Waals surface area contributed by atoms with Crippen LogP contribution in [-0.4, -0.2) is 33.2 Å². The van der Waals surface area contributed by atoms with E-state index in [0.29, 0.717) is 6.54 Å². The first-order valence-electron chi connectivity index (χ1n) is 6.95. The van der Waals surface area contributed by atoms with Gasteiger partial charge in [0.25, 0.3) is 0 Å². The number of rotatable bonds is 6. The smallest absolute Gasteiger partial charge is 0.191 e. The largest absolute Gasteiger partial charge is 0.375 e. The summed E-state index contributed by atoms with van der Waals surface area (Å²) in [6.07, 6.45) is 2.48. The van der Waals surface area contributed by atoms with E-state index in [4.69, 9.17) is 4.74 Å². The van der Waals surface area contributed by atoms with Crippen molar-refractivity contribution in [3.05, 3.63) is 35.6 Å². The molecule has 4 nitrogen and oxygen atoms in total. The van der Waals surface area contributed by atoms with Crippen LogP contribution in [0, 0.1) is 11.7 Å². The average molecular weight is 279 g/mol. The van der Waals surface area contributed by atoms with Crippen molar-refractivity contribution in [3.8, 4) is 0 Å². The van der Waals surface area contributed by atoms with Gasteiger partial charge in [-0.25, -0.2) is 4.39 Å². The van der Waals surface area contributed by atoms with E-state index < -0.39 is 0 Å². The number of methoxy groups -OCH3 is 1. The fourth-order valence-electron chi connectivity index (χ4n) is 1.99. The third-order valence-corrected chi connectivity index (χ3v) is 3.46. The minimum atomic E-state index is -0.238. The van der Waals surface area contributed by atoms with Gasteiger partial charge in [-0.3, -0.25) is 4.99 Å². The molecule has 1 aromatic rings. The molecule has 1 unspecified atom stereocenters. The summed E-state index contributed by atoms with van der Waals surface area (Å²) >= 11 is 0. The molecule has 1 aliphatic rings. The van der Waals surface area contributed by atoms with E-state index in [1.165, 1.54) is 25.0 Å². The van der Waals surface area contributed by atoms with E-state index in [0.717, 1.165) is 24.0 Å². The van der Waals surface area contributed by atoms with Crippen molar-refractivity contribution in [2.75, 3.05) is 27.2 Å². The van der Waals surface area contributed by atoms with Crippen LogP contribution in [0.15, 0.2) is 29.3 Å². The Morgan fingerprint density at radius 3 is 2.60 bits per heavy atom. The number of hydrogen-bond acceptors (Lipinski definition) is 2. The summed E-state index contributed by atoms with van der Waals surface area (Å²) < 4.78 is 18.4. The molecule has 1 fully saturated rings. The van der Waals surface area contributed by atoms with Gasteiger partial charge in [-0.15, -0.1) is 0 Å². The molecule has 1 saturated carbocycles. The zero-order valence-corrected chi connectivity index (χ0v) is 12.0. The van der Waals surface area contributed by atoms with Gasteiger partial charge in [0.15, 0.2) is 5.96 Å². The van der Waals surface area contributed by atoms with Crippen LogP contribution in [0.3, 0.4) is 0 Å². The maximum Gasteiger partial charge on any atom is 0.191 e. The highest BCUT2D eigenvalue weighted by Gasteiger charge is 2.21. The van der Waals surface area contributed by atoms with Crippen molar-refractivity contribution in [2.24, 2.45) is 10.9 Å². The Balaban J connectivity index is 1.83. The van der Waals surface area contributed by atoms with Gasteiger partial charge >= 0.3 is 0 Å².